The summed E-state index contributed by atoms with van der Waals surface area (Å²) in [5, 5.41) is 13.6. The van der Waals surface area contributed by atoms with Crippen molar-refractivity contribution in [3.8, 4) is 0 Å². The molecule has 0 aliphatic carbocycles. The highest BCUT2D eigenvalue weighted by Gasteiger charge is 2.49. The predicted molar refractivity (Wildman–Crippen MR) is 138 cm³/mol. The summed E-state index contributed by atoms with van der Waals surface area (Å²) in [6.45, 7) is 1.85. The highest BCUT2D eigenvalue weighted by Crippen LogP contribution is 2.43. The van der Waals surface area contributed by atoms with Crippen LogP contribution in [0.25, 0.3) is 0 Å². The summed E-state index contributed by atoms with van der Waals surface area (Å²) >= 11 is 0. The number of benzene rings is 3. The van der Waals surface area contributed by atoms with Crippen LogP contribution in [0.3, 0.4) is 0 Å². The second kappa shape index (κ2) is 9.91. The zero-order valence-electron chi connectivity index (χ0n) is 19.8. The maximum Gasteiger partial charge on any atom is 0.320 e. The third-order valence-corrected chi connectivity index (χ3v) is 6.47. The molecule has 0 saturated heterocycles. The van der Waals surface area contributed by atoms with E-state index in [4.69, 9.17) is 11.6 Å². The molecule has 3 aromatic rings. The number of hydrazone groups is 1. The van der Waals surface area contributed by atoms with Gasteiger partial charge in [-0.1, -0.05) is 61.5 Å². The quantitative estimate of drug-likeness (QED) is 0.278. The first-order valence-electron chi connectivity index (χ1n) is 11.5. The van der Waals surface area contributed by atoms with Crippen molar-refractivity contribution in [2.24, 2.45) is 16.7 Å². The monoisotopic (exact) mass is 485 g/mol. The van der Waals surface area contributed by atoms with Gasteiger partial charge in [-0.15, -0.1) is 0 Å². The van der Waals surface area contributed by atoms with Crippen LogP contribution in [0.5, 0.6) is 0 Å². The van der Waals surface area contributed by atoms with Crippen molar-refractivity contribution in [2.45, 2.75) is 25.3 Å². The van der Waals surface area contributed by atoms with Crippen LogP contribution in [0.15, 0.2) is 77.9 Å². The lowest BCUT2D eigenvalue weighted by atomic mass is 9.83. The first-order valence-corrected chi connectivity index (χ1v) is 11.5. The van der Waals surface area contributed by atoms with Crippen LogP contribution in [-0.4, -0.2) is 35.8 Å². The summed E-state index contributed by atoms with van der Waals surface area (Å²) in [5.74, 6) is 3.77. The molecule has 0 bridgehead atoms. The Hall–Kier alpha value is -4.66. The fraction of sp³-hybridized carbons (Fsp3) is 0.185. The third kappa shape index (κ3) is 4.26. The van der Waals surface area contributed by atoms with Crippen LogP contribution in [-0.2, 0) is 16.8 Å². The van der Waals surface area contributed by atoms with E-state index in [0.29, 0.717) is 23.2 Å². The number of carboxylic acids is 1. The molecule has 9 nitrogen and oxygen atoms in total. The second-order valence-corrected chi connectivity index (χ2v) is 8.57. The van der Waals surface area contributed by atoms with E-state index in [1.54, 1.807) is 53.4 Å². The Morgan fingerprint density at radius 1 is 1.03 bits per heavy atom. The third-order valence-electron chi connectivity index (χ3n) is 6.47. The molecule has 9 heteroatoms. The van der Waals surface area contributed by atoms with Gasteiger partial charge in [0.25, 0.3) is 5.91 Å². The molecule has 0 aromatic heterocycles. The first-order chi connectivity index (χ1) is 17.3. The molecule has 5 N–H and O–H groups in total. The maximum atomic E-state index is 14.0. The first kappa shape index (κ1) is 24.5. The van der Waals surface area contributed by atoms with E-state index in [1.807, 2.05) is 31.2 Å². The van der Waals surface area contributed by atoms with Crippen molar-refractivity contribution < 1.29 is 19.5 Å². The molecular weight excluding hydrogens is 458 g/mol. The molecule has 3 amide bonds. The van der Waals surface area contributed by atoms with Gasteiger partial charge >= 0.3 is 12.0 Å². The summed E-state index contributed by atoms with van der Waals surface area (Å²) in [4.78, 5) is 42.2. The molecule has 0 fully saturated rings. The topological polar surface area (TPSA) is 142 Å². The number of nitrogens with zero attached hydrogens (tertiary/aromatic N) is 3. The molecule has 1 aliphatic rings. The Balaban J connectivity index is 2.06. The number of anilines is 2. The SMILES string of the molecule is CCc1ccccc1N1CC(CC(=O)O)(c2ccc(C=NN)cc2)N(C(N)=O)c2ccccc2C1=O. The number of aliphatic carboxylic acids is 1. The van der Waals surface area contributed by atoms with Crippen molar-refractivity contribution in [2.75, 3.05) is 16.3 Å². The van der Waals surface area contributed by atoms with Crippen LogP contribution in [0.1, 0.15) is 40.4 Å². The number of primary amides is 1. The van der Waals surface area contributed by atoms with Gasteiger partial charge in [0.1, 0.15) is 5.54 Å². The van der Waals surface area contributed by atoms with Gasteiger partial charge in [0.05, 0.1) is 30.4 Å². The molecule has 1 atom stereocenters. The van der Waals surface area contributed by atoms with Crippen molar-refractivity contribution in [1.29, 1.82) is 0 Å². The van der Waals surface area contributed by atoms with E-state index in [-0.39, 0.29) is 23.7 Å². The van der Waals surface area contributed by atoms with Crippen LogP contribution in [0.4, 0.5) is 16.2 Å². The molecule has 3 aromatic carbocycles. The number of carbonyl (C=O) groups excluding carboxylic acids is 2. The Labute approximate surface area is 208 Å². The maximum absolute atomic E-state index is 14.0. The van der Waals surface area contributed by atoms with Crippen LogP contribution in [0, 0.1) is 0 Å². The lowest BCUT2D eigenvalue weighted by molar-refractivity contribution is -0.138. The van der Waals surface area contributed by atoms with Crippen molar-refractivity contribution in [1.82, 2.24) is 0 Å². The molecule has 1 unspecified atom stereocenters. The lowest BCUT2D eigenvalue weighted by Crippen LogP contribution is -2.58. The van der Waals surface area contributed by atoms with Crippen molar-refractivity contribution >= 4 is 35.5 Å². The number of nitrogens with two attached hydrogens (primary N) is 2. The molecule has 0 spiro atoms. The highest BCUT2D eigenvalue weighted by atomic mass is 16.4. The molecule has 4 rings (SSSR count). The number of carbonyl (C=O) groups is 3. The number of hydrogen-bond acceptors (Lipinski definition) is 5. The van der Waals surface area contributed by atoms with E-state index < -0.39 is 24.0 Å². The van der Waals surface area contributed by atoms with Gasteiger partial charge < -0.3 is 21.6 Å². The molecule has 36 heavy (non-hydrogen) atoms. The Kier molecular flexibility index (Phi) is 6.73. The fourth-order valence-electron chi connectivity index (χ4n) is 4.90. The van der Waals surface area contributed by atoms with Gasteiger partial charge in [-0.05, 0) is 41.3 Å². The predicted octanol–water partition coefficient (Wildman–Crippen LogP) is 3.46. The molecule has 0 radical (unpaired) electrons. The van der Waals surface area contributed by atoms with Gasteiger partial charge in [0.15, 0.2) is 0 Å². The van der Waals surface area contributed by atoms with Gasteiger partial charge in [0.2, 0.25) is 0 Å². The summed E-state index contributed by atoms with van der Waals surface area (Å²) in [7, 11) is 0. The highest BCUT2D eigenvalue weighted by molar-refractivity contribution is 6.14. The number of fused-ring (bicyclic) bond motifs is 1. The molecular formula is C27H27N5O4. The smallest absolute Gasteiger partial charge is 0.320 e. The van der Waals surface area contributed by atoms with Crippen molar-refractivity contribution in [3.05, 3.63) is 95.1 Å². The number of carboxylic acid groups (broad SMARTS) is 1. The molecule has 1 heterocycles. The second-order valence-electron chi connectivity index (χ2n) is 8.57. The minimum Gasteiger partial charge on any atom is -0.481 e. The minimum atomic E-state index is -1.51. The average molecular weight is 486 g/mol. The Morgan fingerprint density at radius 2 is 1.67 bits per heavy atom. The van der Waals surface area contributed by atoms with Crippen LogP contribution in [0.2, 0.25) is 0 Å². The average Bonchev–Trinajstić information content (AvgIpc) is 2.97. The largest absolute Gasteiger partial charge is 0.481 e. The van der Waals surface area contributed by atoms with Crippen LogP contribution < -0.4 is 21.4 Å². The lowest BCUT2D eigenvalue weighted by Gasteiger charge is -2.43. The summed E-state index contributed by atoms with van der Waals surface area (Å²) in [6, 6.07) is 20.1. The minimum absolute atomic E-state index is 0.128. The van der Waals surface area contributed by atoms with E-state index in [2.05, 4.69) is 5.10 Å². The van der Waals surface area contributed by atoms with Gasteiger partial charge in [-0.25, -0.2) is 4.79 Å². The van der Waals surface area contributed by atoms with Gasteiger partial charge in [0, 0.05) is 5.69 Å². The van der Waals surface area contributed by atoms with E-state index in [1.165, 1.54) is 11.1 Å². The zero-order chi connectivity index (χ0) is 25.9. The van der Waals surface area contributed by atoms with Gasteiger partial charge in [-0.3, -0.25) is 14.5 Å². The number of hydrogen-bond donors (Lipinski definition) is 3. The fourth-order valence-corrected chi connectivity index (χ4v) is 4.90. The number of rotatable bonds is 6. The van der Waals surface area contributed by atoms with Gasteiger partial charge in [-0.2, -0.15) is 5.10 Å². The summed E-state index contributed by atoms with van der Waals surface area (Å²) in [6.07, 6.45) is 1.61. The number of urea groups is 1. The number of aryl methyl sites for hydroxylation is 1. The normalized spacial score (nSPS) is 17.6. The zero-order valence-corrected chi connectivity index (χ0v) is 19.8. The van der Waals surface area contributed by atoms with Crippen LogP contribution >= 0.6 is 0 Å². The van der Waals surface area contributed by atoms with E-state index >= 15 is 0 Å². The van der Waals surface area contributed by atoms with E-state index in [0.717, 1.165) is 5.56 Å². The Bertz CT molecular complexity index is 1340. The number of para-hydroxylation sites is 2. The Morgan fingerprint density at radius 3 is 2.28 bits per heavy atom. The summed E-state index contributed by atoms with van der Waals surface area (Å²) < 4.78 is 0. The molecule has 1 aliphatic heterocycles. The number of amides is 3. The molecule has 0 saturated carbocycles. The summed E-state index contributed by atoms with van der Waals surface area (Å²) in [5.41, 5.74) is 7.67. The van der Waals surface area contributed by atoms with Crippen molar-refractivity contribution in [3.63, 3.8) is 0 Å². The van der Waals surface area contributed by atoms with E-state index in [9.17, 15) is 19.5 Å². The standard InChI is InChI=1S/C27H27N5O4/c1-2-19-7-3-5-9-22(19)31-17-27(15-24(33)34,20-13-11-18(12-14-20)16-30-29)32(26(28)36)23-10-6-4-8-21(23)25(31)35/h3-14,16H,2,15,17,29H2,1H3,(H2,28,36)(H,33,34). The molecule has 184 valence electrons.